The molecule has 0 spiro atoms. The highest BCUT2D eigenvalue weighted by atomic mass is 32.2. The van der Waals surface area contributed by atoms with Crippen LogP contribution < -0.4 is 9.62 Å². The van der Waals surface area contributed by atoms with Gasteiger partial charge in [0.2, 0.25) is 5.91 Å². The molecule has 2 N–H and O–H groups in total. The van der Waals surface area contributed by atoms with Crippen molar-refractivity contribution in [3.8, 4) is 5.75 Å². The highest BCUT2D eigenvalue weighted by Crippen LogP contribution is 2.22. The molecule has 1 aromatic heterocycles. The number of amides is 1. The Kier molecular flexibility index (Phi) is 6.40. The molecule has 0 radical (unpaired) electrons. The van der Waals surface area contributed by atoms with Gasteiger partial charge in [-0.25, -0.2) is 22.8 Å². The Balaban J connectivity index is 1.34. The standard InChI is InChI=1S/C22H22FN5O4S/c23-19-13-16(1-6-20(19)29)14-22(30)28-11-9-27(10-12-28)17-2-4-18(5-3-17)33(31,32)26-21-7-8-24-15-25-21/h1-8,13,15,29H,9-12,14H2,(H,24,25,26). The molecule has 2 heterocycles. The second-order valence-corrected chi connectivity index (χ2v) is 9.21. The zero-order valence-electron chi connectivity index (χ0n) is 17.6. The van der Waals surface area contributed by atoms with Gasteiger partial charge in [-0.1, -0.05) is 6.07 Å². The number of hydrogen-bond donors (Lipinski definition) is 2. The van der Waals surface area contributed by atoms with E-state index in [1.54, 1.807) is 17.0 Å². The minimum Gasteiger partial charge on any atom is -0.505 e. The lowest BCUT2D eigenvalue weighted by molar-refractivity contribution is -0.130. The van der Waals surface area contributed by atoms with Crippen molar-refractivity contribution in [1.82, 2.24) is 14.9 Å². The number of nitrogens with zero attached hydrogens (tertiary/aromatic N) is 4. The van der Waals surface area contributed by atoms with Gasteiger partial charge in [0.15, 0.2) is 11.6 Å². The van der Waals surface area contributed by atoms with Crippen molar-refractivity contribution in [2.24, 2.45) is 0 Å². The molecule has 1 fully saturated rings. The van der Waals surface area contributed by atoms with Crippen molar-refractivity contribution in [1.29, 1.82) is 0 Å². The normalized spacial score (nSPS) is 14.2. The average molecular weight is 472 g/mol. The van der Waals surface area contributed by atoms with Crippen LogP contribution in [-0.4, -0.2) is 60.5 Å². The number of benzene rings is 2. The summed E-state index contributed by atoms with van der Waals surface area (Å²) in [6.45, 7) is 2.16. The third-order valence-electron chi connectivity index (χ3n) is 5.33. The van der Waals surface area contributed by atoms with Gasteiger partial charge in [-0.2, -0.15) is 0 Å². The summed E-state index contributed by atoms with van der Waals surface area (Å²) in [5.74, 6) is -1.12. The number of rotatable bonds is 6. The van der Waals surface area contributed by atoms with Crippen LogP contribution in [0.2, 0.25) is 0 Å². The lowest BCUT2D eigenvalue weighted by Gasteiger charge is -2.36. The molecular weight excluding hydrogens is 449 g/mol. The van der Waals surface area contributed by atoms with E-state index in [0.717, 1.165) is 5.69 Å². The SMILES string of the molecule is O=C(Cc1ccc(O)c(F)c1)N1CCN(c2ccc(S(=O)(=O)Nc3ccncn3)cc2)CC1. The summed E-state index contributed by atoms with van der Waals surface area (Å²) in [6.07, 6.45) is 2.76. The molecule has 0 unspecified atom stereocenters. The Morgan fingerprint density at radius 2 is 1.79 bits per heavy atom. The van der Waals surface area contributed by atoms with Crippen LogP contribution in [0.25, 0.3) is 0 Å². The fourth-order valence-electron chi connectivity index (χ4n) is 3.54. The molecule has 33 heavy (non-hydrogen) atoms. The smallest absolute Gasteiger partial charge is 0.263 e. The topological polar surface area (TPSA) is 116 Å². The molecule has 9 nitrogen and oxygen atoms in total. The van der Waals surface area contributed by atoms with Crippen molar-refractivity contribution >= 4 is 27.4 Å². The first kappa shape index (κ1) is 22.5. The number of aromatic hydroxyl groups is 1. The molecule has 3 aromatic rings. The zero-order chi connectivity index (χ0) is 23.4. The van der Waals surface area contributed by atoms with E-state index in [-0.39, 0.29) is 23.0 Å². The van der Waals surface area contributed by atoms with E-state index in [9.17, 15) is 22.7 Å². The summed E-state index contributed by atoms with van der Waals surface area (Å²) in [4.78, 5) is 24.1. The molecule has 4 rings (SSSR count). The maximum absolute atomic E-state index is 13.5. The lowest BCUT2D eigenvalue weighted by atomic mass is 10.1. The van der Waals surface area contributed by atoms with E-state index < -0.39 is 21.6 Å². The maximum Gasteiger partial charge on any atom is 0.263 e. The van der Waals surface area contributed by atoms with E-state index >= 15 is 0 Å². The van der Waals surface area contributed by atoms with Gasteiger partial charge in [-0.15, -0.1) is 0 Å². The van der Waals surface area contributed by atoms with Crippen LogP contribution in [0.15, 0.2) is 66.0 Å². The second kappa shape index (κ2) is 9.41. The van der Waals surface area contributed by atoms with Crippen LogP contribution in [-0.2, 0) is 21.2 Å². The molecule has 0 bridgehead atoms. The number of sulfonamides is 1. The van der Waals surface area contributed by atoms with Crippen LogP contribution in [0, 0.1) is 5.82 Å². The number of hydrogen-bond acceptors (Lipinski definition) is 7. The van der Waals surface area contributed by atoms with Crippen molar-refractivity contribution in [2.75, 3.05) is 35.8 Å². The number of halogens is 1. The van der Waals surface area contributed by atoms with Crippen molar-refractivity contribution in [3.63, 3.8) is 0 Å². The molecule has 0 saturated carbocycles. The predicted octanol–water partition coefficient (Wildman–Crippen LogP) is 2.01. The van der Waals surface area contributed by atoms with Crippen LogP contribution in [0.3, 0.4) is 0 Å². The lowest BCUT2D eigenvalue weighted by Crippen LogP contribution is -2.49. The zero-order valence-corrected chi connectivity index (χ0v) is 18.4. The fraction of sp³-hybridized carbons (Fsp3) is 0.227. The number of phenols is 1. The summed E-state index contributed by atoms with van der Waals surface area (Å²) >= 11 is 0. The number of anilines is 2. The van der Waals surface area contributed by atoms with Gasteiger partial charge < -0.3 is 14.9 Å². The Morgan fingerprint density at radius 3 is 2.42 bits per heavy atom. The predicted molar refractivity (Wildman–Crippen MR) is 120 cm³/mol. The number of piperazine rings is 1. The minimum atomic E-state index is -3.77. The van der Waals surface area contributed by atoms with Crippen molar-refractivity contribution < 1.29 is 22.7 Å². The Labute approximate surface area is 190 Å². The van der Waals surface area contributed by atoms with Crippen molar-refractivity contribution in [3.05, 3.63) is 72.4 Å². The number of carbonyl (C=O) groups is 1. The summed E-state index contributed by atoms with van der Waals surface area (Å²) in [6, 6.07) is 11.9. The van der Waals surface area contributed by atoms with Crippen LogP contribution in [0.5, 0.6) is 5.75 Å². The number of carbonyl (C=O) groups excluding carboxylic acids is 1. The van der Waals surface area contributed by atoms with Gasteiger partial charge in [-0.3, -0.25) is 9.52 Å². The first-order valence-corrected chi connectivity index (χ1v) is 11.7. The monoisotopic (exact) mass is 471 g/mol. The molecule has 1 aliphatic rings. The Bertz CT molecular complexity index is 1230. The third kappa shape index (κ3) is 5.37. The highest BCUT2D eigenvalue weighted by Gasteiger charge is 2.22. The van der Waals surface area contributed by atoms with Gasteiger partial charge in [0.1, 0.15) is 12.1 Å². The van der Waals surface area contributed by atoms with Gasteiger partial charge in [0, 0.05) is 38.1 Å². The van der Waals surface area contributed by atoms with Gasteiger partial charge in [0.05, 0.1) is 11.3 Å². The van der Waals surface area contributed by atoms with Crippen LogP contribution in [0.4, 0.5) is 15.9 Å². The summed E-state index contributed by atoms with van der Waals surface area (Å²) in [7, 11) is -3.77. The van der Waals surface area contributed by atoms with Gasteiger partial charge in [-0.05, 0) is 48.0 Å². The molecular formula is C22H22FN5O4S. The van der Waals surface area contributed by atoms with Gasteiger partial charge >= 0.3 is 0 Å². The van der Waals surface area contributed by atoms with Crippen LogP contribution in [0.1, 0.15) is 5.56 Å². The molecule has 0 atom stereocenters. The highest BCUT2D eigenvalue weighted by molar-refractivity contribution is 7.92. The van der Waals surface area contributed by atoms with E-state index in [4.69, 9.17) is 0 Å². The van der Waals surface area contributed by atoms with Crippen LogP contribution >= 0.6 is 0 Å². The number of phenolic OH excluding ortho intramolecular Hbond substituents is 1. The third-order valence-corrected chi connectivity index (χ3v) is 6.70. The number of aromatic nitrogens is 2. The first-order chi connectivity index (χ1) is 15.8. The summed E-state index contributed by atoms with van der Waals surface area (Å²) in [5, 5.41) is 9.27. The largest absolute Gasteiger partial charge is 0.505 e. The average Bonchev–Trinajstić information content (AvgIpc) is 2.82. The summed E-state index contributed by atoms with van der Waals surface area (Å²) < 4.78 is 41.0. The molecule has 172 valence electrons. The Morgan fingerprint density at radius 1 is 1.06 bits per heavy atom. The van der Waals surface area contributed by atoms with E-state index in [2.05, 4.69) is 19.6 Å². The molecule has 1 saturated heterocycles. The first-order valence-electron chi connectivity index (χ1n) is 10.2. The van der Waals surface area contributed by atoms with E-state index in [1.165, 1.54) is 48.9 Å². The molecule has 11 heteroatoms. The van der Waals surface area contributed by atoms with Gasteiger partial charge in [0.25, 0.3) is 10.0 Å². The summed E-state index contributed by atoms with van der Waals surface area (Å²) in [5.41, 5.74) is 1.36. The van der Waals surface area contributed by atoms with E-state index in [0.29, 0.717) is 31.7 Å². The molecule has 0 aliphatic carbocycles. The molecule has 2 aromatic carbocycles. The maximum atomic E-state index is 13.5. The quantitative estimate of drug-likeness (QED) is 0.565. The minimum absolute atomic E-state index is 0.0586. The Hall–Kier alpha value is -3.73. The molecule has 1 amide bonds. The number of nitrogens with one attached hydrogen (secondary N) is 1. The molecule has 1 aliphatic heterocycles. The fourth-order valence-corrected chi connectivity index (χ4v) is 4.55. The van der Waals surface area contributed by atoms with Crippen molar-refractivity contribution in [2.45, 2.75) is 11.3 Å². The van der Waals surface area contributed by atoms with E-state index in [1.807, 2.05) is 0 Å². The second-order valence-electron chi connectivity index (χ2n) is 7.52.